The highest BCUT2D eigenvalue weighted by Crippen LogP contribution is 2.29. The van der Waals surface area contributed by atoms with E-state index in [2.05, 4.69) is 42.0 Å². The Balaban J connectivity index is 2.39. The van der Waals surface area contributed by atoms with Crippen molar-refractivity contribution in [2.75, 3.05) is 6.54 Å². The third-order valence-corrected chi connectivity index (χ3v) is 3.33. The summed E-state index contributed by atoms with van der Waals surface area (Å²) >= 11 is 0. The van der Waals surface area contributed by atoms with Crippen molar-refractivity contribution in [1.29, 1.82) is 0 Å². The summed E-state index contributed by atoms with van der Waals surface area (Å²) in [6.45, 7) is 7.23. The molecule has 0 bridgehead atoms. The van der Waals surface area contributed by atoms with Crippen molar-refractivity contribution in [2.45, 2.75) is 33.1 Å². The number of imidazole rings is 1. The minimum atomic E-state index is 0.535. The van der Waals surface area contributed by atoms with Gasteiger partial charge in [0.15, 0.2) is 0 Å². The van der Waals surface area contributed by atoms with Crippen LogP contribution in [0.25, 0.3) is 11.0 Å². The predicted octanol–water partition coefficient (Wildman–Crippen LogP) is 2.96. The molecule has 0 amide bonds. The Morgan fingerprint density at radius 1 is 1.35 bits per heavy atom. The lowest BCUT2D eigenvalue weighted by molar-refractivity contribution is 0.473. The van der Waals surface area contributed by atoms with E-state index in [0.717, 1.165) is 29.8 Å². The smallest absolute Gasteiger partial charge is 0.104 e. The maximum absolute atomic E-state index is 5.70. The number of rotatable bonds is 4. The highest BCUT2D eigenvalue weighted by molar-refractivity contribution is 5.76. The number of aryl methyl sites for hydroxylation is 1. The predicted molar refractivity (Wildman–Crippen MR) is 72.1 cm³/mol. The minimum Gasteiger partial charge on any atom is -0.342 e. The normalized spacial score (nSPS) is 13.5. The molecular formula is C14H21N3. The van der Waals surface area contributed by atoms with E-state index in [1.807, 2.05) is 6.92 Å². The molecule has 2 aromatic rings. The van der Waals surface area contributed by atoms with E-state index >= 15 is 0 Å². The summed E-state index contributed by atoms with van der Waals surface area (Å²) in [5.74, 6) is 2.12. The molecule has 92 valence electrons. The highest BCUT2D eigenvalue weighted by Gasteiger charge is 2.15. The summed E-state index contributed by atoms with van der Waals surface area (Å²) in [5.41, 5.74) is 9.23. The molecule has 0 saturated heterocycles. The number of H-pyrrole nitrogens is 1. The van der Waals surface area contributed by atoms with Gasteiger partial charge in [-0.2, -0.15) is 0 Å². The number of nitrogens with one attached hydrogen (secondary N) is 1. The zero-order valence-corrected chi connectivity index (χ0v) is 10.8. The molecule has 1 atom stereocenters. The fraction of sp³-hybridized carbons (Fsp3) is 0.500. The lowest BCUT2D eigenvalue weighted by Gasteiger charge is -2.20. The number of aromatic amines is 1. The van der Waals surface area contributed by atoms with Gasteiger partial charge in [-0.1, -0.05) is 19.9 Å². The van der Waals surface area contributed by atoms with Crippen molar-refractivity contribution in [3.8, 4) is 0 Å². The Kier molecular flexibility index (Phi) is 3.48. The molecule has 1 aromatic heterocycles. The summed E-state index contributed by atoms with van der Waals surface area (Å²) in [5, 5.41) is 0. The molecule has 3 nitrogen and oxygen atoms in total. The molecule has 0 aliphatic rings. The van der Waals surface area contributed by atoms with Crippen LogP contribution in [0.15, 0.2) is 18.2 Å². The summed E-state index contributed by atoms with van der Waals surface area (Å²) in [6.07, 6.45) is 1.04. The molecule has 17 heavy (non-hydrogen) atoms. The van der Waals surface area contributed by atoms with Gasteiger partial charge in [0.05, 0.1) is 11.0 Å². The zero-order valence-electron chi connectivity index (χ0n) is 10.8. The van der Waals surface area contributed by atoms with Gasteiger partial charge in [-0.05, 0) is 49.4 Å². The van der Waals surface area contributed by atoms with Crippen molar-refractivity contribution in [3.05, 3.63) is 29.6 Å². The molecule has 0 saturated carbocycles. The second kappa shape index (κ2) is 4.88. The van der Waals surface area contributed by atoms with Gasteiger partial charge in [-0.15, -0.1) is 0 Å². The van der Waals surface area contributed by atoms with E-state index in [9.17, 15) is 0 Å². The number of hydrogen-bond donors (Lipinski definition) is 2. The standard InChI is InChI=1S/C14H21N3/c1-9(2)12(6-7-15)11-4-5-13-14(8-11)17-10(3)16-13/h4-5,8-9,12H,6-7,15H2,1-3H3,(H,16,17). The van der Waals surface area contributed by atoms with Crippen LogP contribution in [0, 0.1) is 12.8 Å². The van der Waals surface area contributed by atoms with E-state index in [0.29, 0.717) is 11.8 Å². The Hall–Kier alpha value is -1.35. The van der Waals surface area contributed by atoms with E-state index in [1.54, 1.807) is 0 Å². The summed E-state index contributed by atoms with van der Waals surface area (Å²) < 4.78 is 0. The van der Waals surface area contributed by atoms with Crippen LogP contribution in [0.5, 0.6) is 0 Å². The molecule has 3 N–H and O–H groups in total. The van der Waals surface area contributed by atoms with E-state index < -0.39 is 0 Å². The number of nitrogens with two attached hydrogens (primary N) is 1. The first kappa shape index (κ1) is 12.1. The number of fused-ring (bicyclic) bond motifs is 1. The molecule has 1 aromatic carbocycles. The topological polar surface area (TPSA) is 54.7 Å². The maximum atomic E-state index is 5.70. The minimum absolute atomic E-state index is 0.535. The van der Waals surface area contributed by atoms with Crippen LogP contribution >= 0.6 is 0 Å². The average Bonchev–Trinajstić information content (AvgIpc) is 2.64. The second-order valence-electron chi connectivity index (χ2n) is 5.03. The van der Waals surface area contributed by atoms with Gasteiger partial charge >= 0.3 is 0 Å². The molecule has 0 radical (unpaired) electrons. The molecular weight excluding hydrogens is 210 g/mol. The zero-order chi connectivity index (χ0) is 12.4. The lowest BCUT2D eigenvalue weighted by atomic mass is 9.86. The second-order valence-corrected chi connectivity index (χ2v) is 5.03. The van der Waals surface area contributed by atoms with Gasteiger partial charge in [0.25, 0.3) is 0 Å². The van der Waals surface area contributed by atoms with Crippen LogP contribution in [0.3, 0.4) is 0 Å². The Bertz CT molecular complexity index is 499. The third-order valence-electron chi connectivity index (χ3n) is 3.33. The number of aromatic nitrogens is 2. The lowest BCUT2D eigenvalue weighted by Crippen LogP contribution is -2.12. The molecule has 1 unspecified atom stereocenters. The van der Waals surface area contributed by atoms with Crippen LogP contribution in [0.4, 0.5) is 0 Å². The maximum Gasteiger partial charge on any atom is 0.104 e. The molecule has 0 aliphatic heterocycles. The fourth-order valence-corrected chi connectivity index (χ4v) is 2.45. The van der Waals surface area contributed by atoms with Crippen LogP contribution < -0.4 is 5.73 Å². The molecule has 0 fully saturated rings. The number of hydrogen-bond acceptors (Lipinski definition) is 2. The Labute approximate surface area is 102 Å². The first-order valence-corrected chi connectivity index (χ1v) is 6.28. The van der Waals surface area contributed by atoms with Crippen LogP contribution in [0.2, 0.25) is 0 Å². The first-order valence-electron chi connectivity index (χ1n) is 6.28. The highest BCUT2D eigenvalue weighted by atomic mass is 14.9. The number of benzene rings is 1. The molecule has 1 heterocycles. The quantitative estimate of drug-likeness (QED) is 0.850. The summed E-state index contributed by atoms with van der Waals surface area (Å²) in [7, 11) is 0. The van der Waals surface area contributed by atoms with Crippen LogP contribution in [-0.4, -0.2) is 16.5 Å². The first-order chi connectivity index (χ1) is 8.11. The molecule has 3 heteroatoms. The average molecular weight is 231 g/mol. The van der Waals surface area contributed by atoms with Crippen LogP contribution in [-0.2, 0) is 0 Å². The van der Waals surface area contributed by atoms with E-state index in [-0.39, 0.29) is 0 Å². The largest absolute Gasteiger partial charge is 0.342 e. The van der Waals surface area contributed by atoms with Crippen molar-refractivity contribution < 1.29 is 0 Å². The fourth-order valence-electron chi connectivity index (χ4n) is 2.45. The van der Waals surface area contributed by atoms with Gasteiger partial charge in [-0.3, -0.25) is 0 Å². The van der Waals surface area contributed by atoms with Gasteiger partial charge < -0.3 is 10.7 Å². The van der Waals surface area contributed by atoms with Crippen molar-refractivity contribution in [2.24, 2.45) is 11.7 Å². The third kappa shape index (κ3) is 2.50. The molecule has 2 rings (SSSR count). The number of nitrogens with zero attached hydrogens (tertiary/aromatic N) is 1. The molecule has 0 spiro atoms. The van der Waals surface area contributed by atoms with Crippen molar-refractivity contribution in [3.63, 3.8) is 0 Å². The van der Waals surface area contributed by atoms with Gasteiger partial charge in [0.1, 0.15) is 5.82 Å². The summed E-state index contributed by atoms with van der Waals surface area (Å²) in [6, 6.07) is 6.50. The van der Waals surface area contributed by atoms with Gasteiger partial charge in [-0.25, -0.2) is 4.98 Å². The van der Waals surface area contributed by atoms with Gasteiger partial charge in [0, 0.05) is 0 Å². The van der Waals surface area contributed by atoms with Gasteiger partial charge in [0.2, 0.25) is 0 Å². The molecule has 0 aliphatic carbocycles. The van der Waals surface area contributed by atoms with Crippen molar-refractivity contribution >= 4 is 11.0 Å². The monoisotopic (exact) mass is 231 g/mol. The van der Waals surface area contributed by atoms with E-state index in [4.69, 9.17) is 5.73 Å². The van der Waals surface area contributed by atoms with E-state index in [1.165, 1.54) is 5.56 Å². The van der Waals surface area contributed by atoms with Crippen LogP contribution in [0.1, 0.15) is 37.6 Å². The van der Waals surface area contributed by atoms with Crippen molar-refractivity contribution in [1.82, 2.24) is 9.97 Å². The Morgan fingerprint density at radius 2 is 2.12 bits per heavy atom. The SMILES string of the molecule is Cc1nc2ccc(C(CCN)C(C)C)cc2[nH]1. The Morgan fingerprint density at radius 3 is 2.76 bits per heavy atom. The summed E-state index contributed by atoms with van der Waals surface area (Å²) in [4.78, 5) is 7.72.